The van der Waals surface area contributed by atoms with Crippen LogP contribution in [0.2, 0.25) is 0 Å². The van der Waals surface area contributed by atoms with Crippen molar-refractivity contribution in [3.63, 3.8) is 0 Å². The van der Waals surface area contributed by atoms with Gasteiger partial charge in [0.2, 0.25) is 0 Å². The molecule has 1 aromatic carbocycles. The van der Waals surface area contributed by atoms with E-state index < -0.39 is 27.9 Å². The number of aryl methyl sites for hydroxylation is 1. The highest BCUT2D eigenvalue weighted by molar-refractivity contribution is 7.86. The van der Waals surface area contributed by atoms with Crippen molar-refractivity contribution in [2.45, 2.75) is 51.2 Å². The number of amides is 1. The van der Waals surface area contributed by atoms with Gasteiger partial charge in [-0.2, -0.15) is 8.42 Å². The van der Waals surface area contributed by atoms with Crippen LogP contribution >= 0.6 is 0 Å². The van der Waals surface area contributed by atoms with Gasteiger partial charge < -0.3 is 9.64 Å². The molecular formula is C16H25NO5S. The number of hydrogen-bond acceptors (Lipinski definition) is 5. The second kappa shape index (κ2) is 7.31. The number of rotatable bonds is 5. The largest absolute Gasteiger partial charge is 0.444 e. The van der Waals surface area contributed by atoms with Crippen LogP contribution in [-0.2, 0) is 19.0 Å². The molecular weight excluding hydrogens is 318 g/mol. The van der Waals surface area contributed by atoms with Gasteiger partial charge in [0.1, 0.15) is 5.60 Å². The fourth-order valence-corrected chi connectivity index (χ4v) is 2.57. The van der Waals surface area contributed by atoms with E-state index in [1.54, 1.807) is 46.9 Å². The first-order valence-corrected chi connectivity index (χ1v) is 8.75. The van der Waals surface area contributed by atoms with Crippen molar-refractivity contribution in [2.75, 3.05) is 13.7 Å². The predicted molar refractivity (Wildman–Crippen MR) is 87.8 cm³/mol. The lowest BCUT2D eigenvalue weighted by molar-refractivity contribution is 0.0196. The molecule has 130 valence electrons. The number of nitrogens with zero attached hydrogens (tertiary/aromatic N) is 1. The van der Waals surface area contributed by atoms with E-state index >= 15 is 0 Å². The number of ether oxygens (including phenoxy) is 1. The average Bonchev–Trinajstić information content (AvgIpc) is 2.42. The van der Waals surface area contributed by atoms with Crippen molar-refractivity contribution in [1.82, 2.24) is 4.90 Å². The van der Waals surface area contributed by atoms with Crippen LogP contribution in [0.1, 0.15) is 33.3 Å². The lowest BCUT2D eigenvalue weighted by Crippen LogP contribution is -2.41. The van der Waals surface area contributed by atoms with Gasteiger partial charge in [0.05, 0.1) is 17.5 Å². The van der Waals surface area contributed by atoms with Crippen LogP contribution in [0.3, 0.4) is 0 Å². The quantitative estimate of drug-likeness (QED) is 0.769. The van der Waals surface area contributed by atoms with Gasteiger partial charge in [-0.1, -0.05) is 17.7 Å². The maximum atomic E-state index is 12.1. The molecule has 7 heteroatoms. The Labute approximate surface area is 138 Å². The summed E-state index contributed by atoms with van der Waals surface area (Å²) in [5.74, 6) is 0. The summed E-state index contributed by atoms with van der Waals surface area (Å²) in [4.78, 5) is 13.3. The third-order valence-electron chi connectivity index (χ3n) is 3.12. The minimum absolute atomic E-state index is 0.0928. The van der Waals surface area contributed by atoms with Crippen LogP contribution in [-0.4, -0.2) is 44.7 Å². The lowest BCUT2D eigenvalue weighted by atomic mass is 10.2. The van der Waals surface area contributed by atoms with E-state index in [1.807, 2.05) is 6.92 Å². The molecule has 1 aromatic rings. The standard InChI is InChI=1S/C16H25NO5S/c1-12-7-9-14(10-8-12)23(19,20)21-11-13(2)17(6)15(18)22-16(3,4)5/h7-10,13H,11H2,1-6H3. The smallest absolute Gasteiger partial charge is 0.410 e. The molecule has 0 saturated carbocycles. The molecule has 0 aliphatic rings. The molecule has 0 aliphatic carbocycles. The molecule has 0 bridgehead atoms. The van der Waals surface area contributed by atoms with Crippen molar-refractivity contribution < 1.29 is 22.1 Å². The number of carbonyl (C=O) groups is 1. The van der Waals surface area contributed by atoms with Gasteiger partial charge in [0.25, 0.3) is 10.1 Å². The van der Waals surface area contributed by atoms with Crippen molar-refractivity contribution in [3.05, 3.63) is 29.8 Å². The fraction of sp³-hybridized carbons (Fsp3) is 0.562. The van der Waals surface area contributed by atoms with E-state index in [0.717, 1.165) is 5.56 Å². The molecule has 23 heavy (non-hydrogen) atoms. The van der Waals surface area contributed by atoms with Gasteiger partial charge in [-0.25, -0.2) is 4.79 Å². The Bertz CT molecular complexity index is 631. The van der Waals surface area contributed by atoms with E-state index in [4.69, 9.17) is 8.92 Å². The van der Waals surface area contributed by atoms with E-state index in [2.05, 4.69) is 0 Å². The monoisotopic (exact) mass is 343 g/mol. The van der Waals surface area contributed by atoms with E-state index in [9.17, 15) is 13.2 Å². The molecule has 0 heterocycles. The minimum atomic E-state index is -3.85. The summed E-state index contributed by atoms with van der Waals surface area (Å²) >= 11 is 0. The molecule has 1 amide bonds. The van der Waals surface area contributed by atoms with Crippen molar-refractivity contribution >= 4 is 16.2 Å². The Balaban J connectivity index is 2.66. The molecule has 1 atom stereocenters. The summed E-state index contributed by atoms with van der Waals surface area (Å²) in [5.41, 5.74) is 0.349. The predicted octanol–water partition coefficient (Wildman–Crippen LogP) is 2.96. The first-order valence-electron chi connectivity index (χ1n) is 7.34. The molecule has 0 radical (unpaired) electrons. The highest BCUT2D eigenvalue weighted by Gasteiger charge is 2.25. The number of carbonyl (C=O) groups excluding carboxylic acids is 1. The van der Waals surface area contributed by atoms with Gasteiger partial charge in [-0.05, 0) is 46.8 Å². The Morgan fingerprint density at radius 1 is 1.22 bits per heavy atom. The second-order valence-electron chi connectivity index (χ2n) is 6.49. The molecule has 0 spiro atoms. The van der Waals surface area contributed by atoms with Crippen LogP contribution in [0.15, 0.2) is 29.2 Å². The Hall–Kier alpha value is -1.60. The molecule has 1 unspecified atom stereocenters. The summed E-state index contributed by atoms with van der Waals surface area (Å²) in [6.45, 7) is 8.71. The molecule has 6 nitrogen and oxygen atoms in total. The number of hydrogen-bond donors (Lipinski definition) is 0. The van der Waals surface area contributed by atoms with Gasteiger partial charge in [-0.15, -0.1) is 0 Å². The van der Waals surface area contributed by atoms with Gasteiger partial charge in [0, 0.05) is 7.05 Å². The molecule has 1 rings (SSSR count). The second-order valence-corrected chi connectivity index (χ2v) is 8.11. The summed E-state index contributed by atoms with van der Waals surface area (Å²) in [6.07, 6.45) is -0.527. The van der Waals surface area contributed by atoms with Crippen molar-refractivity contribution in [3.8, 4) is 0 Å². The van der Waals surface area contributed by atoms with Crippen LogP contribution in [0.4, 0.5) is 4.79 Å². The highest BCUT2D eigenvalue weighted by atomic mass is 32.2. The van der Waals surface area contributed by atoms with Gasteiger partial charge in [0.15, 0.2) is 0 Å². The lowest BCUT2D eigenvalue weighted by Gasteiger charge is -2.28. The Morgan fingerprint density at radius 3 is 2.22 bits per heavy atom. The highest BCUT2D eigenvalue weighted by Crippen LogP contribution is 2.15. The zero-order valence-electron chi connectivity index (χ0n) is 14.5. The van der Waals surface area contributed by atoms with Crippen LogP contribution in [0.5, 0.6) is 0 Å². The van der Waals surface area contributed by atoms with E-state index in [1.165, 1.54) is 17.0 Å². The minimum Gasteiger partial charge on any atom is -0.444 e. The molecule has 0 N–H and O–H groups in total. The van der Waals surface area contributed by atoms with E-state index in [-0.39, 0.29) is 11.5 Å². The summed E-state index contributed by atoms with van der Waals surface area (Å²) in [5, 5.41) is 0. The third kappa shape index (κ3) is 6.19. The maximum absolute atomic E-state index is 12.1. The van der Waals surface area contributed by atoms with Crippen molar-refractivity contribution in [2.24, 2.45) is 0 Å². The van der Waals surface area contributed by atoms with Crippen LogP contribution in [0, 0.1) is 6.92 Å². The van der Waals surface area contributed by atoms with E-state index in [0.29, 0.717) is 0 Å². The summed E-state index contributed by atoms with van der Waals surface area (Å²) < 4.78 is 34.5. The average molecular weight is 343 g/mol. The first-order chi connectivity index (χ1) is 10.4. The Kier molecular flexibility index (Phi) is 6.18. The number of benzene rings is 1. The number of likely N-dealkylation sites (N-methyl/N-ethyl adjacent to an activating group) is 1. The molecule has 0 saturated heterocycles. The molecule has 0 aromatic heterocycles. The molecule has 0 fully saturated rings. The Morgan fingerprint density at radius 2 is 1.74 bits per heavy atom. The zero-order valence-corrected chi connectivity index (χ0v) is 15.3. The van der Waals surface area contributed by atoms with Crippen LogP contribution in [0.25, 0.3) is 0 Å². The normalized spacial score (nSPS) is 13.5. The maximum Gasteiger partial charge on any atom is 0.410 e. The van der Waals surface area contributed by atoms with Crippen molar-refractivity contribution in [1.29, 1.82) is 0 Å². The topological polar surface area (TPSA) is 72.9 Å². The van der Waals surface area contributed by atoms with Gasteiger partial charge >= 0.3 is 6.09 Å². The SMILES string of the molecule is Cc1ccc(S(=O)(=O)OCC(C)N(C)C(=O)OC(C)(C)C)cc1. The van der Waals surface area contributed by atoms with Crippen LogP contribution < -0.4 is 0 Å². The zero-order chi connectivity index (χ0) is 17.8. The third-order valence-corrected chi connectivity index (χ3v) is 4.41. The van der Waals surface area contributed by atoms with Gasteiger partial charge in [-0.3, -0.25) is 4.18 Å². The first kappa shape index (κ1) is 19.4. The molecule has 0 aliphatic heterocycles. The fourth-order valence-electron chi connectivity index (χ4n) is 1.59. The summed E-state index contributed by atoms with van der Waals surface area (Å²) in [6, 6.07) is 5.93. The summed E-state index contributed by atoms with van der Waals surface area (Å²) in [7, 11) is -2.30.